The Kier molecular flexibility index (Phi) is 4.51. The fourth-order valence-corrected chi connectivity index (χ4v) is 5.02. The van der Waals surface area contributed by atoms with Gasteiger partial charge in [0.2, 0.25) is 0 Å². The summed E-state index contributed by atoms with van der Waals surface area (Å²) < 4.78 is 5.98. The maximum atomic E-state index is 5.98. The van der Waals surface area contributed by atoms with Gasteiger partial charge in [-0.2, -0.15) is 11.3 Å². The van der Waals surface area contributed by atoms with Crippen LogP contribution in [0.25, 0.3) is 0 Å². The molecule has 22 heavy (non-hydrogen) atoms. The van der Waals surface area contributed by atoms with Crippen molar-refractivity contribution >= 4 is 11.3 Å². The molecular formula is C17H27N3OS. The Morgan fingerprint density at radius 2 is 2.05 bits per heavy atom. The Morgan fingerprint density at radius 1 is 1.18 bits per heavy atom. The topological polar surface area (TPSA) is 19.0 Å². The van der Waals surface area contributed by atoms with Crippen molar-refractivity contribution in [1.29, 1.82) is 0 Å². The number of likely N-dealkylation sites (N-methyl/N-ethyl adjacent to an activating group) is 1. The summed E-state index contributed by atoms with van der Waals surface area (Å²) in [6, 6.07) is 2.90. The molecule has 3 fully saturated rings. The minimum Gasteiger partial charge on any atom is -0.379 e. The zero-order chi connectivity index (χ0) is 14.9. The van der Waals surface area contributed by atoms with E-state index in [0.29, 0.717) is 6.04 Å². The van der Waals surface area contributed by atoms with Crippen molar-refractivity contribution < 1.29 is 4.74 Å². The summed E-state index contributed by atoms with van der Waals surface area (Å²) in [4.78, 5) is 7.79. The normalized spacial score (nSPS) is 34.9. The summed E-state index contributed by atoms with van der Waals surface area (Å²) in [6.07, 6.45) is 0. The summed E-state index contributed by atoms with van der Waals surface area (Å²) in [5, 5.41) is 4.48. The smallest absolute Gasteiger partial charge is 0.0625 e. The van der Waals surface area contributed by atoms with Crippen molar-refractivity contribution in [1.82, 2.24) is 14.7 Å². The van der Waals surface area contributed by atoms with Gasteiger partial charge in [-0.1, -0.05) is 0 Å². The first kappa shape index (κ1) is 15.1. The molecule has 0 saturated carbocycles. The minimum absolute atomic E-state index is 0.639. The van der Waals surface area contributed by atoms with E-state index in [-0.39, 0.29) is 0 Å². The van der Waals surface area contributed by atoms with Gasteiger partial charge in [0.1, 0.15) is 0 Å². The summed E-state index contributed by atoms with van der Waals surface area (Å²) in [6.45, 7) is 10.3. The summed E-state index contributed by atoms with van der Waals surface area (Å²) >= 11 is 1.81. The first-order valence-electron chi connectivity index (χ1n) is 8.53. The Morgan fingerprint density at radius 3 is 2.82 bits per heavy atom. The average Bonchev–Trinajstić information content (AvgIpc) is 3.17. The number of piperazine rings is 1. The molecule has 3 saturated heterocycles. The SMILES string of the molecule is CN1CCN([C@@H]2COC[C@@H]3CN(Cc4ccsc4)C[C@@H]32)CC1. The molecule has 4 rings (SSSR count). The van der Waals surface area contributed by atoms with Gasteiger partial charge in [-0.3, -0.25) is 9.80 Å². The van der Waals surface area contributed by atoms with Crippen LogP contribution in [-0.2, 0) is 11.3 Å². The van der Waals surface area contributed by atoms with Gasteiger partial charge in [0.15, 0.2) is 0 Å². The molecule has 0 aliphatic carbocycles. The Bertz CT molecular complexity index is 472. The molecule has 0 radical (unpaired) electrons. The molecule has 3 aliphatic rings. The van der Waals surface area contributed by atoms with Gasteiger partial charge < -0.3 is 9.64 Å². The second-order valence-corrected chi connectivity index (χ2v) is 7.97. The highest BCUT2D eigenvalue weighted by molar-refractivity contribution is 7.07. The quantitative estimate of drug-likeness (QED) is 0.838. The molecule has 0 bridgehead atoms. The van der Waals surface area contributed by atoms with Gasteiger partial charge in [0.25, 0.3) is 0 Å². The van der Waals surface area contributed by atoms with Gasteiger partial charge in [0, 0.05) is 57.8 Å². The van der Waals surface area contributed by atoms with Crippen LogP contribution in [0, 0.1) is 11.8 Å². The molecule has 1 aromatic rings. The molecule has 1 aromatic heterocycles. The van der Waals surface area contributed by atoms with Crippen LogP contribution < -0.4 is 0 Å². The first-order chi connectivity index (χ1) is 10.8. The van der Waals surface area contributed by atoms with Crippen LogP contribution in [0.4, 0.5) is 0 Å². The molecular weight excluding hydrogens is 294 g/mol. The number of ether oxygens (including phenoxy) is 1. The molecule has 0 unspecified atom stereocenters. The van der Waals surface area contributed by atoms with E-state index in [1.54, 1.807) is 0 Å². The van der Waals surface area contributed by atoms with E-state index in [9.17, 15) is 0 Å². The van der Waals surface area contributed by atoms with Crippen LogP contribution in [0.5, 0.6) is 0 Å². The number of thiophene rings is 1. The second-order valence-electron chi connectivity index (χ2n) is 7.19. The minimum atomic E-state index is 0.639. The summed E-state index contributed by atoms with van der Waals surface area (Å²) in [5.41, 5.74) is 1.47. The average molecular weight is 321 g/mol. The van der Waals surface area contributed by atoms with E-state index < -0.39 is 0 Å². The van der Waals surface area contributed by atoms with Gasteiger partial charge in [0.05, 0.1) is 13.2 Å². The lowest BCUT2D eigenvalue weighted by molar-refractivity contribution is -0.0485. The Labute approximate surface area is 137 Å². The fourth-order valence-electron chi connectivity index (χ4n) is 4.36. The molecule has 4 heterocycles. The van der Waals surface area contributed by atoms with Crippen molar-refractivity contribution in [3.05, 3.63) is 22.4 Å². The highest BCUT2D eigenvalue weighted by Gasteiger charge is 2.43. The third-order valence-corrected chi connectivity index (χ3v) is 6.41. The number of nitrogens with zero attached hydrogens (tertiary/aromatic N) is 3. The molecule has 3 aliphatic heterocycles. The fraction of sp³-hybridized carbons (Fsp3) is 0.765. The van der Waals surface area contributed by atoms with E-state index >= 15 is 0 Å². The number of hydrogen-bond donors (Lipinski definition) is 0. The van der Waals surface area contributed by atoms with Gasteiger partial charge in [-0.25, -0.2) is 0 Å². The molecule has 3 atom stereocenters. The lowest BCUT2D eigenvalue weighted by atomic mass is 9.86. The van der Waals surface area contributed by atoms with Gasteiger partial charge in [-0.05, 0) is 35.4 Å². The van der Waals surface area contributed by atoms with Crippen molar-refractivity contribution in [3.63, 3.8) is 0 Å². The molecule has 0 spiro atoms. The largest absolute Gasteiger partial charge is 0.379 e. The van der Waals surface area contributed by atoms with Gasteiger partial charge >= 0.3 is 0 Å². The van der Waals surface area contributed by atoms with Crippen molar-refractivity contribution in [2.45, 2.75) is 12.6 Å². The van der Waals surface area contributed by atoms with Crippen molar-refractivity contribution in [2.24, 2.45) is 11.8 Å². The Balaban J connectivity index is 1.40. The van der Waals surface area contributed by atoms with Crippen LogP contribution in [0.1, 0.15) is 5.56 Å². The number of likely N-dealkylation sites (tertiary alicyclic amines) is 1. The predicted octanol–water partition coefficient (Wildman–Crippen LogP) is 1.44. The number of fused-ring (bicyclic) bond motifs is 1. The lowest BCUT2D eigenvalue weighted by Gasteiger charge is -2.44. The second kappa shape index (κ2) is 6.57. The molecule has 4 nitrogen and oxygen atoms in total. The highest BCUT2D eigenvalue weighted by Crippen LogP contribution is 2.34. The molecule has 0 N–H and O–H groups in total. The maximum absolute atomic E-state index is 5.98. The van der Waals surface area contributed by atoms with Crippen LogP contribution in [-0.4, -0.2) is 80.3 Å². The third-order valence-electron chi connectivity index (χ3n) is 5.68. The number of rotatable bonds is 3. The van der Waals surface area contributed by atoms with Crippen LogP contribution in [0.2, 0.25) is 0 Å². The third kappa shape index (κ3) is 3.10. The molecule has 122 valence electrons. The summed E-state index contributed by atoms with van der Waals surface area (Å²) in [5.74, 6) is 1.54. The summed E-state index contributed by atoms with van der Waals surface area (Å²) in [7, 11) is 2.23. The van der Waals surface area contributed by atoms with Crippen molar-refractivity contribution in [3.8, 4) is 0 Å². The number of hydrogen-bond acceptors (Lipinski definition) is 5. The zero-order valence-corrected chi connectivity index (χ0v) is 14.3. The van der Waals surface area contributed by atoms with Crippen LogP contribution >= 0.6 is 11.3 Å². The zero-order valence-electron chi connectivity index (χ0n) is 13.5. The Hall–Kier alpha value is -0.460. The predicted molar refractivity (Wildman–Crippen MR) is 90.3 cm³/mol. The molecule has 5 heteroatoms. The van der Waals surface area contributed by atoms with E-state index in [1.807, 2.05) is 11.3 Å². The highest BCUT2D eigenvalue weighted by atomic mass is 32.1. The molecule has 0 amide bonds. The van der Waals surface area contributed by atoms with Crippen molar-refractivity contribution in [2.75, 3.05) is 59.5 Å². The van der Waals surface area contributed by atoms with Gasteiger partial charge in [-0.15, -0.1) is 0 Å². The lowest BCUT2D eigenvalue weighted by Crippen LogP contribution is -2.56. The van der Waals surface area contributed by atoms with E-state index in [4.69, 9.17) is 4.74 Å². The first-order valence-corrected chi connectivity index (χ1v) is 9.47. The van der Waals surface area contributed by atoms with E-state index in [1.165, 1.54) is 44.8 Å². The van der Waals surface area contributed by atoms with E-state index in [0.717, 1.165) is 31.6 Å². The monoisotopic (exact) mass is 321 g/mol. The van der Waals surface area contributed by atoms with Crippen LogP contribution in [0.3, 0.4) is 0 Å². The molecule has 0 aromatic carbocycles. The van der Waals surface area contributed by atoms with Crippen LogP contribution in [0.15, 0.2) is 16.8 Å². The van der Waals surface area contributed by atoms with E-state index in [2.05, 4.69) is 38.6 Å². The maximum Gasteiger partial charge on any atom is 0.0625 e. The standard InChI is InChI=1S/C17H27N3OS/c1-18-3-5-20(6-4-18)17-12-21-11-15-9-19(10-16(15)17)8-14-2-7-22-13-14/h2,7,13,15-17H,3-6,8-12H2,1H3/t15-,16-,17+/m0/s1.